The van der Waals surface area contributed by atoms with Crippen molar-refractivity contribution in [2.24, 2.45) is 0 Å². The van der Waals surface area contributed by atoms with Gasteiger partial charge in [-0.2, -0.15) is 0 Å². The van der Waals surface area contributed by atoms with Crippen molar-refractivity contribution in [1.82, 2.24) is 9.55 Å². The summed E-state index contributed by atoms with van der Waals surface area (Å²) >= 11 is 1.34. The first kappa shape index (κ1) is 11.7. The van der Waals surface area contributed by atoms with Gasteiger partial charge in [-0.1, -0.05) is 18.7 Å². The van der Waals surface area contributed by atoms with Gasteiger partial charge in [0.25, 0.3) is 5.56 Å². The van der Waals surface area contributed by atoms with Gasteiger partial charge in [0.05, 0.1) is 6.10 Å². The summed E-state index contributed by atoms with van der Waals surface area (Å²) in [6.07, 6.45) is 5.13. The first-order chi connectivity index (χ1) is 7.59. The minimum atomic E-state index is -0.444. The van der Waals surface area contributed by atoms with Crippen LogP contribution in [0.4, 0.5) is 0 Å². The van der Waals surface area contributed by atoms with Gasteiger partial charge in [-0.3, -0.25) is 4.79 Å². The Kier molecular flexibility index (Phi) is 3.35. The van der Waals surface area contributed by atoms with E-state index in [0.717, 1.165) is 12.8 Å². The Balaban J connectivity index is 2.21. The lowest BCUT2D eigenvalue weighted by molar-refractivity contribution is 0.196. The summed E-state index contributed by atoms with van der Waals surface area (Å²) in [4.78, 5) is 16.1. The van der Waals surface area contributed by atoms with Crippen molar-refractivity contribution in [1.29, 1.82) is 0 Å². The molecule has 0 radical (unpaired) electrons. The molecule has 1 saturated carbocycles. The van der Waals surface area contributed by atoms with Crippen LogP contribution in [0.25, 0.3) is 0 Å². The van der Waals surface area contributed by atoms with Gasteiger partial charge in [0.15, 0.2) is 5.03 Å². The molecular formula is C11H16N2O2S. The minimum Gasteiger partial charge on any atom is -0.392 e. The van der Waals surface area contributed by atoms with E-state index in [4.69, 9.17) is 0 Å². The molecule has 88 valence electrons. The fourth-order valence-corrected chi connectivity index (χ4v) is 2.28. The van der Waals surface area contributed by atoms with Crippen LogP contribution in [0.15, 0.2) is 22.2 Å². The zero-order valence-electron chi connectivity index (χ0n) is 9.46. The fourth-order valence-electron chi connectivity index (χ4n) is 1.40. The lowest BCUT2D eigenvalue weighted by atomic mass is 10.3. The summed E-state index contributed by atoms with van der Waals surface area (Å²) in [7, 11) is 0. The molecule has 0 bridgehead atoms. The van der Waals surface area contributed by atoms with E-state index in [1.807, 2.05) is 6.92 Å². The molecule has 1 aromatic rings. The van der Waals surface area contributed by atoms with E-state index < -0.39 is 6.10 Å². The van der Waals surface area contributed by atoms with Crippen LogP contribution in [-0.4, -0.2) is 26.0 Å². The SMILES string of the molecule is CC(O)C(C)Sc1nccn(C2CC2)c1=O. The molecule has 1 aromatic heterocycles. The first-order valence-electron chi connectivity index (χ1n) is 5.51. The maximum absolute atomic E-state index is 12.0. The number of hydrogen-bond donors (Lipinski definition) is 1. The normalized spacial score (nSPS) is 19.4. The van der Waals surface area contributed by atoms with Crippen molar-refractivity contribution in [3.05, 3.63) is 22.7 Å². The predicted molar refractivity (Wildman–Crippen MR) is 63.8 cm³/mol. The Labute approximate surface area is 98.7 Å². The second-order valence-corrected chi connectivity index (χ2v) is 5.61. The number of aromatic nitrogens is 2. The zero-order valence-corrected chi connectivity index (χ0v) is 10.3. The molecule has 1 fully saturated rings. The Bertz CT molecular complexity index is 426. The van der Waals surface area contributed by atoms with Crippen molar-refractivity contribution in [3.63, 3.8) is 0 Å². The summed E-state index contributed by atoms with van der Waals surface area (Å²) in [5.74, 6) is 0. The van der Waals surface area contributed by atoms with E-state index in [9.17, 15) is 9.90 Å². The van der Waals surface area contributed by atoms with Gasteiger partial charge in [0.1, 0.15) is 0 Å². The Hall–Kier alpha value is -0.810. The number of rotatable bonds is 4. The molecule has 2 unspecified atom stereocenters. The van der Waals surface area contributed by atoms with Gasteiger partial charge in [-0.05, 0) is 19.8 Å². The van der Waals surface area contributed by atoms with Gasteiger partial charge in [0.2, 0.25) is 0 Å². The molecule has 0 saturated heterocycles. The molecule has 16 heavy (non-hydrogen) atoms. The Morgan fingerprint density at radius 2 is 2.25 bits per heavy atom. The van der Waals surface area contributed by atoms with E-state index in [1.165, 1.54) is 11.8 Å². The van der Waals surface area contributed by atoms with Gasteiger partial charge in [-0.15, -0.1) is 0 Å². The summed E-state index contributed by atoms with van der Waals surface area (Å²) in [5, 5.41) is 9.88. The van der Waals surface area contributed by atoms with Gasteiger partial charge >= 0.3 is 0 Å². The number of thioether (sulfide) groups is 1. The molecule has 1 heterocycles. The lowest BCUT2D eigenvalue weighted by Crippen LogP contribution is -2.24. The van der Waals surface area contributed by atoms with E-state index in [2.05, 4.69) is 4.98 Å². The van der Waals surface area contributed by atoms with Crippen molar-refractivity contribution >= 4 is 11.8 Å². The van der Waals surface area contributed by atoms with Crippen molar-refractivity contribution in [3.8, 4) is 0 Å². The average Bonchev–Trinajstić information content (AvgIpc) is 3.04. The molecular weight excluding hydrogens is 224 g/mol. The van der Waals surface area contributed by atoms with E-state index >= 15 is 0 Å². The van der Waals surface area contributed by atoms with Crippen LogP contribution in [0.3, 0.4) is 0 Å². The summed E-state index contributed by atoms with van der Waals surface area (Å²) in [5.41, 5.74) is -0.0255. The van der Waals surface area contributed by atoms with Crippen LogP contribution >= 0.6 is 11.8 Å². The Morgan fingerprint density at radius 3 is 2.81 bits per heavy atom. The Morgan fingerprint density at radius 1 is 1.56 bits per heavy atom. The first-order valence-corrected chi connectivity index (χ1v) is 6.39. The molecule has 0 amide bonds. The molecule has 2 rings (SSSR count). The third-order valence-electron chi connectivity index (χ3n) is 2.75. The number of hydrogen-bond acceptors (Lipinski definition) is 4. The highest BCUT2D eigenvalue weighted by molar-refractivity contribution is 7.99. The highest BCUT2D eigenvalue weighted by Gasteiger charge is 2.25. The topological polar surface area (TPSA) is 55.1 Å². The molecule has 1 N–H and O–H groups in total. The molecule has 4 nitrogen and oxygen atoms in total. The standard InChI is InChI=1S/C11H16N2O2S/c1-7(14)8(2)16-10-11(15)13(6-5-12-10)9-3-4-9/h5-9,14H,3-4H2,1-2H3. The smallest absolute Gasteiger partial charge is 0.283 e. The second-order valence-electron chi connectivity index (χ2n) is 4.24. The second kappa shape index (κ2) is 4.59. The third kappa shape index (κ3) is 2.47. The fraction of sp³-hybridized carbons (Fsp3) is 0.636. The average molecular weight is 240 g/mol. The van der Waals surface area contributed by atoms with Gasteiger partial charge in [-0.25, -0.2) is 4.98 Å². The van der Waals surface area contributed by atoms with Crippen LogP contribution < -0.4 is 5.56 Å². The van der Waals surface area contributed by atoms with E-state index in [0.29, 0.717) is 11.1 Å². The molecule has 1 aliphatic rings. The lowest BCUT2D eigenvalue weighted by Gasteiger charge is -2.13. The van der Waals surface area contributed by atoms with Gasteiger partial charge < -0.3 is 9.67 Å². The van der Waals surface area contributed by atoms with Crippen LogP contribution in [0.2, 0.25) is 0 Å². The number of aliphatic hydroxyl groups excluding tert-OH is 1. The quantitative estimate of drug-likeness (QED) is 0.809. The van der Waals surface area contributed by atoms with Crippen LogP contribution in [0, 0.1) is 0 Å². The largest absolute Gasteiger partial charge is 0.392 e. The maximum Gasteiger partial charge on any atom is 0.283 e. The highest BCUT2D eigenvalue weighted by atomic mass is 32.2. The molecule has 5 heteroatoms. The molecule has 0 aromatic carbocycles. The van der Waals surface area contributed by atoms with Crippen molar-refractivity contribution in [2.75, 3.05) is 0 Å². The number of aliphatic hydroxyl groups is 1. The van der Waals surface area contributed by atoms with Crippen molar-refractivity contribution < 1.29 is 5.11 Å². The predicted octanol–water partition coefficient (Wildman–Crippen LogP) is 1.44. The van der Waals surface area contributed by atoms with Crippen LogP contribution in [-0.2, 0) is 0 Å². The van der Waals surface area contributed by atoms with Crippen LogP contribution in [0.5, 0.6) is 0 Å². The molecule has 0 spiro atoms. The van der Waals surface area contributed by atoms with Gasteiger partial charge in [0, 0.05) is 23.7 Å². The summed E-state index contributed by atoms with van der Waals surface area (Å²) < 4.78 is 1.75. The highest BCUT2D eigenvalue weighted by Crippen LogP contribution is 2.33. The molecule has 2 atom stereocenters. The summed E-state index contributed by atoms with van der Waals surface area (Å²) in [6.45, 7) is 3.62. The van der Waals surface area contributed by atoms with E-state index in [-0.39, 0.29) is 10.8 Å². The molecule has 0 aliphatic heterocycles. The number of nitrogens with zero attached hydrogens (tertiary/aromatic N) is 2. The minimum absolute atomic E-state index is 0.0183. The maximum atomic E-state index is 12.0. The molecule has 1 aliphatic carbocycles. The monoisotopic (exact) mass is 240 g/mol. The van der Waals surface area contributed by atoms with Crippen LogP contribution in [0.1, 0.15) is 32.7 Å². The van der Waals surface area contributed by atoms with Crippen molar-refractivity contribution in [2.45, 2.75) is 49.1 Å². The third-order valence-corrected chi connectivity index (χ3v) is 4.02. The van der Waals surface area contributed by atoms with E-state index in [1.54, 1.807) is 23.9 Å². The zero-order chi connectivity index (χ0) is 11.7. The summed E-state index contributed by atoms with van der Waals surface area (Å²) in [6, 6.07) is 0.372.